The van der Waals surface area contributed by atoms with Crippen molar-refractivity contribution < 1.29 is 4.68 Å². The van der Waals surface area contributed by atoms with Crippen LogP contribution < -0.4 is 4.68 Å². The van der Waals surface area contributed by atoms with Crippen LogP contribution in [0.3, 0.4) is 0 Å². The molecule has 0 aliphatic rings. The third kappa shape index (κ3) is 2.69. The second-order valence-corrected chi connectivity index (χ2v) is 5.86. The molecule has 0 saturated heterocycles. The van der Waals surface area contributed by atoms with E-state index in [0.717, 1.165) is 32.6 Å². The molecule has 2 aromatic carbocycles. The van der Waals surface area contributed by atoms with Crippen molar-refractivity contribution in [3.05, 3.63) is 64.6 Å². The number of aromatic nitrogens is 2. The summed E-state index contributed by atoms with van der Waals surface area (Å²) in [5.74, 6) is 0. The number of halogens is 2. The number of benzene rings is 2. The Labute approximate surface area is 134 Å². The second kappa shape index (κ2) is 5.55. The van der Waals surface area contributed by atoms with Gasteiger partial charge in [-0.3, -0.25) is 0 Å². The lowest BCUT2D eigenvalue weighted by molar-refractivity contribution is -0.740. The number of hydrogen-bond donors (Lipinski definition) is 0. The summed E-state index contributed by atoms with van der Waals surface area (Å²) in [6, 6.07) is 17.9. The van der Waals surface area contributed by atoms with Crippen molar-refractivity contribution >= 4 is 23.2 Å². The van der Waals surface area contributed by atoms with Gasteiger partial charge in [-0.25, -0.2) is 0 Å². The van der Waals surface area contributed by atoms with Gasteiger partial charge in [-0.15, -0.1) is 4.68 Å². The molecule has 0 amide bonds. The average Bonchev–Trinajstić information content (AvgIpc) is 2.75. The first-order valence-electron chi connectivity index (χ1n) is 6.64. The van der Waals surface area contributed by atoms with Crippen molar-refractivity contribution in [2.24, 2.45) is 14.1 Å². The molecule has 21 heavy (non-hydrogen) atoms. The van der Waals surface area contributed by atoms with E-state index in [1.54, 1.807) is 0 Å². The van der Waals surface area contributed by atoms with Crippen molar-refractivity contribution in [1.82, 2.24) is 4.68 Å². The molecule has 0 fully saturated rings. The highest BCUT2D eigenvalue weighted by molar-refractivity contribution is 6.31. The SMILES string of the molecule is Cn1c(-c2cccc(Cl)c2)cc(-c2cccc(Cl)c2)[n+]1C. The number of rotatable bonds is 2. The lowest BCUT2D eigenvalue weighted by Crippen LogP contribution is -2.39. The predicted octanol–water partition coefficient (Wildman–Crippen LogP) is 4.49. The molecule has 0 aliphatic carbocycles. The Morgan fingerprint density at radius 1 is 0.857 bits per heavy atom. The third-order valence-corrected chi connectivity index (χ3v) is 4.13. The van der Waals surface area contributed by atoms with Crippen molar-refractivity contribution in [3.63, 3.8) is 0 Å². The Hall–Kier alpha value is -1.77. The molecule has 0 bridgehead atoms. The Morgan fingerprint density at radius 2 is 1.43 bits per heavy atom. The first-order valence-corrected chi connectivity index (χ1v) is 7.40. The van der Waals surface area contributed by atoms with E-state index in [9.17, 15) is 0 Å². The highest BCUT2D eigenvalue weighted by atomic mass is 35.5. The Bertz CT molecular complexity index is 740. The zero-order chi connectivity index (χ0) is 15.0. The van der Waals surface area contributed by atoms with E-state index in [0.29, 0.717) is 0 Å². The Balaban J connectivity index is 2.16. The van der Waals surface area contributed by atoms with Crippen molar-refractivity contribution in [1.29, 1.82) is 0 Å². The van der Waals surface area contributed by atoms with Crippen molar-refractivity contribution in [2.45, 2.75) is 0 Å². The molecular formula is C17H15Cl2N2+. The summed E-state index contributed by atoms with van der Waals surface area (Å²) in [5.41, 5.74) is 4.40. The summed E-state index contributed by atoms with van der Waals surface area (Å²) in [6.45, 7) is 0. The van der Waals surface area contributed by atoms with Gasteiger partial charge in [-0.05, 0) is 30.3 Å². The maximum absolute atomic E-state index is 6.10. The maximum Gasteiger partial charge on any atom is 0.238 e. The largest absolute Gasteiger partial charge is 0.238 e. The van der Waals surface area contributed by atoms with Gasteiger partial charge in [0.05, 0.1) is 12.6 Å². The zero-order valence-corrected chi connectivity index (χ0v) is 13.4. The molecule has 0 saturated carbocycles. The molecule has 0 radical (unpaired) electrons. The van der Waals surface area contributed by atoms with Crippen LogP contribution in [0.5, 0.6) is 0 Å². The first kappa shape index (κ1) is 14.2. The molecule has 3 aromatic rings. The minimum absolute atomic E-state index is 0.737. The van der Waals surface area contributed by atoms with Gasteiger partial charge in [0.1, 0.15) is 5.69 Å². The van der Waals surface area contributed by atoms with E-state index in [-0.39, 0.29) is 0 Å². The van der Waals surface area contributed by atoms with E-state index < -0.39 is 0 Å². The third-order valence-electron chi connectivity index (χ3n) is 3.66. The van der Waals surface area contributed by atoms with Gasteiger partial charge in [0.2, 0.25) is 5.69 Å². The molecule has 0 N–H and O–H groups in total. The summed E-state index contributed by atoms with van der Waals surface area (Å²) in [5, 5.41) is 1.47. The minimum atomic E-state index is 0.737. The van der Waals surface area contributed by atoms with Crippen LogP contribution in [0.15, 0.2) is 54.6 Å². The van der Waals surface area contributed by atoms with Crippen LogP contribution in [0.4, 0.5) is 0 Å². The minimum Gasteiger partial charge on any atom is -0.156 e. The summed E-state index contributed by atoms with van der Waals surface area (Å²) in [7, 11) is 4.06. The summed E-state index contributed by atoms with van der Waals surface area (Å²) < 4.78 is 4.20. The Morgan fingerprint density at radius 3 is 2.05 bits per heavy atom. The maximum atomic E-state index is 6.10. The fourth-order valence-corrected chi connectivity index (χ4v) is 2.86. The van der Waals surface area contributed by atoms with Crippen LogP contribution in [-0.2, 0) is 14.1 Å². The van der Waals surface area contributed by atoms with Gasteiger partial charge in [0, 0.05) is 21.7 Å². The summed E-state index contributed by atoms with van der Waals surface area (Å²) >= 11 is 12.2. The standard InChI is InChI=1S/C17H15Cl2N2/c1-20-16(12-5-3-7-14(18)9-12)11-17(21(20)2)13-6-4-8-15(19)10-13/h3-11H,1-2H3/q+1. The quantitative estimate of drug-likeness (QED) is 0.616. The van der Waals surface area contributed by atoms with E-state index in [2.05, 4.69) is 27.6 Å². The van der Waals surface area contributed by atoms with Gasteiger partial charge in [0.25, 0.3) is 0 Å². The highest BCUT2D eigenvalue weighted by Crippen LogP contribution is 2.27. The highest BCUT2D eigenvalue weighted by Gasteiger charge is 2.20. The summed E-state index contributed by atoms with van der Waals surface area (Å²) in [4.78, 5) is 0. The van der Waals surface area contributed by atoms with E-state index >= 15 is 0 Å². The smallest absolute Gasteiger partial charge is 0.156 e. The van der Waals surface area contributed by atoms with Crippen LogP contribution >= 0.6 is 23.2 Å². The molecule has 0 aliphatic heterocycles. The normalized spacial score (nSPS) is 10.9. The molecule has 3 rings (SSSR count). The lowest BCUT2D eigenvalue weighted by Gasteiger charge is -2.00. The summed E-state index contributed by atoms with van der Waals surface area (Å²) in [6.07, 6.45) is 0. The van der Waals surface area contributed by atoms with E-state index in [1.165, 1.54) is 0 Å². The fraction of sp³-hybridized carbons (Fsp3) is 0.118. The molecule has 1 aromatic heterocycles. The molecule has 106 valence electrons. The molecule has 2 nitrogen and oxygen atoms in total. The first-order chi connectivity index (χ1) is 10.1. The molecule has 1 heterocycles. The lowest BCUT2D eigenvalue weighted by atomic mass is 10.1. The van der Waals surface area contributed by atoms with Gasteiger partial charge >= 0.3 is 0 Å². The van der Waals surface area contributed by atoms with Crippen molar-refractivity contribution in [2.75, 3.05) is 0 Å². The van der Waals surface area contributed by atoms with Crippen LogP contribution in [0.2, 0.25) is 10.0 Å². The van der Waals surface area contributed by atoms with E-state index in [1.807, 2.05) is 50.5 Å². The zero-order valence-electron chi connectivity index (χ0n) is 11.8. The predicted molar refractivity (Wildman–Crippen MR) is 87.5 cm³/mol. The molecule has 0 spiro atoms. The van der Waals surface area contributed by atoms with Gasteiger partial charge in [-0.2, -0.15) is 4.68 Å². The van der Waals surface area contributed by atoms with Gasteiger partial charge in [0.15, 0.2) is 7.05 Å². The monoisotopic (exact) mass is 317 g/mol. The average molecular weight is 318 g/mol. The van der Waals surface area contributed by atoms with Crippen LogP contribution in [-0.4, -0.2) is 4.68 Å². The molecular weight excluding hydrogens is 303 g/mol. The fourth-order valence-electron chi connectivity index (χ4n) is 2.48. The number of hydrogen-bond acceptors (Lipinski definition) is 0. The molecule has 0 unspecified atom stereocenters. The molecule has 0 atom stereocenters. The van der Waals surface area contributed by atoms with Crippen LogP contribution in [0, 0.1) is 0 Å². The Kier molecular flexibility index (Phi) is 3.75. The van der Waals surface area contributed by atoms with Crippen molar-refractivity contribution in [3.8, 4) is 22.5 Å². The van der Waals surface area contributed by atoms with Crippen LogP contribution in [0.1, 0.15) is 0 Å². The molecule has 4 heteroatoms. The topological polar surface area (TPSA) is 8.81 Å². The van der Waals surface area contributed by atoms with Gasteiger partial charge in [-0.1, -0.05) is 41.4 Å². The second-order valence-electron chi connectivity index (χ2n) is 4.98. The van der Waals surface area contributed by atoms with Gasteiger partial charge < -0.3 is 0 Å². The van der Waals surface area contributed by atoms with E-state index in [4.69, 9.17) is 23.2 Å². The number of nitrogens with zero attached hydrogens (tertiary/aromatic N) is 2. The van der Waals surface area contributed by atoms with Crippen LogP contribution in [0.25, 0.3) is 22.5 Å².